The average Bonchev–Trinajstić information content (AvgIpc) is 3.14. The van der Waals surface area contributed by atoms with Crippen LogP contribution in [0.1, 0.15) is 23.2 Å². The molecule has 0 saturated carbocycles. The molecule has 1 aromatic heterocycles. The number of nitrogens with zero attached hydrogens (tertiary/aromatic N) is 1. The first-order valence-corrected chi connectivity index (χ1v) is 9.87. The molecule has 1 aliphatic rings. The number of nitrogens with one attached hydrogen (secondary N) is 1. The lowest BCUT2D eigenvalue weighted by Gasteiger charge is -2.15. The molecule has 0 unspecified atom stereocenters. The highest BCUT2D eigenvalue weighted by Gasteiger charge is 2.19. The topological polar surface area (TPSA) is 68.0 Å². The van der Waals surface area contributed by atoms with Crippen LogP contribution in [0.25, 0.3) is 11.3 Å². The van der Waals surface area contributed by atoms with E-state index in [4.69, 9.17) is 33.9 Å². The highest BCUT2D eigenvalue weighted by atomic mass is 35.5. The minimum Gasteiger partial charge on any atom is -0.369 e. The van der Waals surface area contributed by atoms with Crippen LogP contribution in [0.5, 0.6) is 0 Å². The summed E-state index contributed by atoms with van der Waals surface area (Å²) in [6.45, 7) is 0. The van der Waals surface area contributed by atoms with Gasteiger partial charge in [-0.1, -0.05) is 35.3 Å². The lowest BCUT2D eigenvalue weighted by Crippen LogP contribution is -2.13. The summed E-state index contributed by atoms with van der Waals surface area (Å²) >= 11 is 12.6. The van der Waals surface area contributed by atoms with Gasteiger partial charge in [-0.2, -0.15) is 0 Å². The van der Waals surface area contributed by atoms with Gasteiger partial charge in [0, 0.05) is 27.7 Å². The third kappa shape index (κ3) is 4.84. The molecule has 0 fully saturated rings. The van der Waals surface area contributed by atoms with Gasteiger partial charge in [0.25, 0.3) is 0 Å². The van der Waals surface area contributed by atoms with Crippen LogP contribution < -0.4 is 11.1 Å². The van der Waals surface area contributed by atoms with Gasteiger partial charge in [-0.3, -0.25) is 9.78 Å². The van der Waals surface area contributed by atoms with E-state index in [0.717, 1.165) is 53.2 Å². The quantitative estimate of drug-likeness (QED) is 0.523. The zero-order valence-electron chi connectivity index (χ0n) is 15.5. The van der Waals surface area contributed by atoms with Crippen LogP contribution in [0.15, 0.2) is 48.5 Å². The van der Waals surface area contributed by atoms with Crippen molar-refractivity contribution in [3.63, 3.8) is 0 Å². The number of benzene rings is 2. The molecule has 3 N–H and O–H groups in total. The molecule has 29 heavy (non-hydrogen) atoms. The van der Waals surface area contributed by atoms with Crippen LogP contribution in [0.4, 0.5) is 11.4 Å². The Morgan fingerprint density at radius 2 is 1.83 bits per heavy atom. The van der Waals surface area contributed by atoms with Crippen LogP contribution in [0.2, 0.25) is 10.0 Å². The molecule has 0 atom stereocenters. The molecule has 1 heterocycles. The number of carbonyl (C=O) groups excluding carboxylic acids is 1. The molecule has 3 aromatic rings. The van der Waals surface area contributed by atoms with Crippen molar-refractivity contribution in [3.05, 3.63) is 75.4 Å². The Hall–Kier alpha value is -2.27. The third-order valence-electron chi connectivity index (χ3n) is 4.87. The van der Waals surface area contributed by atoms with E-state index >= 15 is 0 Å². The van der Waals surface area contributed by atoms with Gasteiger partial charge in [0.05, 0.1) is 17.1 Å². The summed E-state index contributed by atoms with van der Waals surface area (Å²) < 4.78 is 0. The first-order chi connectivity index (χ1) is 13.5. The van der Waals surface area contributed by atoms with Crippen molar-refractivity contribution >= 4 is 52.9 Å². The van der Waals surface area contributed by atoms with Crippen LogP contribution in [-0.4, -0.2) is 10.9 Å². The first-order valence-electron chi connectivity index (χ1n) is 9.12. The number of nitrogens with two attached hydrogens (primary N) is 1. The number of aryl methyl sites for hydroxylation is 1. The Morgan fingerprint density at radius 3 is 2.55 bits per heavy atom. The summed E-state index contributed by atoms with van der Waals surface area (Å²) in [5.74, 6) is -0.337. The molecule has 0 saturated heterocycles. The van der Waals surface area contributed by atoms with E-state index < -0.39 is 0 Å². The van der Waals surface area contributed by atoms with Gasteiger partial charge in [0.2, 0.25) is 5.91 Å². The van der Waals surface area contributed by atoms with Crippen molar-refractivity contribution < 1.29 is 4.79 Å². The fraction of sp³-hybridized carbons (Fsp3) is 0.182. The number of primary amides is 1. The summed E-state index contributed by atoms with van der Waals surface area (Å²) in [6, 6.07) is 15.1. The fourth-order valence-corrected chi connectivity index (χ4v) is 3.94. The maximum absolute atomic E-state index is 11.1. The molecule has 1 amide bonds. The van der Waals surface area contributed by atoms with Crippen LogP contribution in [-0.2, 0) is 24.1 Å². The lowest BCUT2D eigenvalue weighted by atomic mass is 10.1. The number of anilines is 2. The molecule has 4 nitrogen and oxygen atoms in total. The lowest BCUT2D eigenvalue weighted by molar-refractivity contribution is -0.117. The monoisotopic (exact) mass is 447 g/mol. The van der Waals surface area contributed by atoms with E-state index in [1.807, 2.05) is 36.4 Å². The van der Waals surface area contributed by atoms with Crippen molar-refractivity contribution in [2.24, 2.45) is 5.73 Å². The van der Waals surface area contributed by atoms with Gasteiger partial charge in [-0.05, 0) is 66.8 Å². The van der Waals surface area contributed by atoms with Crippen LogP contribution in [0, 0.1) is 0 Å². The SMILES string of the molecule is Cl.NC(=O)Cc1ccc(Nc2cc(-c3cc(Cl)ccc3Cl)nc3c2CCC3)cc1. The zero-order valence-corrected chi connectivity index (χ0v) is 17.9. The van der Waals surface area contributed by atoms with E-state index in [2.05, 4.69) is 5.32 Å². The Morgan fingerprint density at radius 1 is 1.07 bits per heavy atom. The summed E-state index contributed by atoms with van der Waals surface area (Å²) in [6.07, 6.45) is 3.27. The predicted molar refractivity (Wildman–Crippen MR) is 122 cm³/mol. The van der Waals surface area contributed by atoms with E-state index in [1.54, 1.807) is 12.1 Å². The maximum Gasteiger partial charge on any atom is 0.221 e. The molecular weight excluding hydrogens is 429 g/mol. The van der Waals surface area contributed by atoms with Gasteiger partial charge in [-0.15, -0.1) is 12.4 Å². The van der Waals surface area contributed by atoms with E-state index in [9.17, 15) is 4.79 Å². The summed E-state index contributed by atoms with van der Waals surface area (Å²) in [5.41, 5.74) is 12.1. The molecule has 1 aliphatic carbocycles. The van der Waals surface area contributed by atoms with Crippen molar-refractivity contribution in [2.75, 3.05) is 5.32 Å². The molecule has 7 heteroatoms. The summed E-state index contributed by atoms with van der Waals surface area (Å²) in [7, 11) is 0. The summed E-state index contributed by atoms with van der Waals surface area (Å²) in [5, 5.41) is 4.74. The van der Waals surface area contributed by atoms with Crippen molar-refractivity contribution in [3.8, 4) is 11.3 Å². The van der Waals surface area contributed by atoms with Crippen LogP contribution >= 0.6 is 35.6 Å². The van der Waals surface area contributed by atoms with E-state index in [-0.39, 0.29) is 24.7 Å². The fourth-order valence-electron chi connectivity index (χ4n) is 3.55. The normalized spacial score (nSPS) is 12.2. The smallest absolute Gasteiger partial charge is 0.221 e. The predicted octanol–water partition coefficient (Wildman–Crippen LogP) is 5.74. The standard InChI is InChI=1S/C22H19Cl2N3O.ClH/c23-14-6-9-18(24)17(11-14)21-12-20(16-2-1-3-19(16)27-21)26-15-7-4-13(5-8-15)10-22(25)28;/h4-9,11-12H,1-3,10H2,(H2,25,28)(H,26,27);1H. The number of rotatable bonds is 5. The second-order valence-electron chi connectivity index (χ2n) is 6.92. The minimum atomic E-state index is -0.337. The highest BCUT2D eigenvalue weighted by molar-refractivity contribution is 6.35. The molecule has 0 radical (unpaired) electrons. The largest absolute Gasteiger partial charge is 0.369 e. The Bertz CT molecular complexity index is 1050. The second-order valence-corrected chi connectivity index (χ2v) is 7.77. The molecule has 0 aliphatic heterocycles. The Kier molecular flexibility index (Phi) is 6.68. The van der Waals surface area contributed by atoms with Gasteiger partial charge < -0.3 is 11.1 Å². The number of halogens is 3. The van der Waals surface area contributed by atoms with Gasteiger partial charge in [-0.25, -0.2) is 0 Å². The zero-order chi connectivity index (χ0) is 19.7. The van der Waals surface area contributed by atoms with Gasteiger partial charge in [0.15, 0.2) is 0 Å². The number of aromatic nitrogens is 1. The molecular formula is C22H20Cl3N3O. The Balaban J connectivity index is 0.00000240. The number of carbonyl (C=O) groups is 1. The van der Waals surface area contributed by atoms with Gasteiger partial charge in [0.1, 0.15) is 0 Å². The minimum absolute atomic E-state index is 0. The molecule has 0 bridgehead atoms. The number of hydrogen-bond acceptors (Lipinski definition) is 3. The molecule has 150 valence electrons. The number of hydrogen-bond donors (Lipinski definition) is 2. The van der Waals surface area contributed by atoms with Crippen molar-refractivity contribution in [2.45, 2.75) is 25.7 Å². The number of fused-ring (bicyclic) bond motifs is 1. The van der Waals surface area contributed by atoms with E-state index in [1.165, 1.54) is 5.56 Å². The van der Waals surface area contributed by atoms with Crippen molar-refractivity contribution in [1.82, 2.24) is 4.98 Å². The van der Waals surface area contributed by atoms with Gasteiger partial charge >= 0.3 is 0 Å². The average molecular weight is 449 g/mol. The summed E-state index contributed by atoms with van der Waals surface area (Å²) in [4.78, 5) is 15.9. The molecule has 2 aromatic carbocycles. The second kappa shape index (κ2) is 9.04. The number of amides is 1. The third-order valence-corrected chi connectivity index (χ3v) is 5.43. The molecule has 4 rings (SSSR count). The number of pyridine rings is 1. The van der Waals surface area contributed by atoms with E-state index in [0.29, 0.717) is 10.0 Å². The highest BCUT2D eigenvalue weighted by Crippen LogP contribution is 2.36. The maximum atomic E-state index is 11.1. The molecule has 0 spiro atoms. The first kappa shape index (κ1) is 21.4. The van der Waals surface area contributed by atoms with Crippen molar-refractivity contribution in [1.29, 1.82) is 0 Å². The van der Waals surface area contributed by atoms with Crippen LogP contribution in [0.3, 0.4) is 0 Å². The Labute approximate surface area is 185 Å².